The van der Waals surface area contributed by atoms with E-state index in [1.54, 1.807) is 23.1 Å². The summed E-state index contributed by atoms with van der Waals surface area (Å²) in [5.41, 5.74) is 6.67. The van der Waals surface area contributed by atoms with Crippen LogP contribution in [0.4, 0.5) is 11.4 Å². The molecule has 1 unspecified atom stereocenters. The Labute approximate surface area is 163 Å². The van der Waals surface area contributed by atoms with Crippen molar-refractivity contribution in [2.45, 2.75) is 30.7 Å². The second kappa shape index (κ2) is 8.57. The van der Waals surface area contributed by atoms with Gasteiger partial charge in [0.25, 0.3) is 0 Å². The van der Waals surface area contributed by atoms with Gasteiger partial charge in [0.05, 0.1) is 11.4 Å². The van der Waals surface area contributed by atoms with Gasteiger partial charge in [0.15, 0.2) is 0 Å². The van der Waals surface area contributed by atoms with E-state index >= 15 is 0 Å². The lowest BCUT2D eigenvalue weighted by molar-refractivity contribution is -0.132. The first-order chi connectivity index (χ1) is 11.9. The zero-order valence-electron chi connectivity index (χ0n) is 14.4. The molecule has 2 aliphatic heterocycles. The smallest absolute Gasteiger partial charge is 0.245 e. The maximum Gasteiger partial charge on any atom is 0.245 e. The second-order valence-electron chi connectivity index (χ2n) is 6.19. The van der Waals surface area contributed by atoms with Crippen molar-refractivity contribution in [3.8, 4) is 0 Å². The normalized spacial score (nSPS) is 18.0. The van der Waals surface area contributed by atoms with Crippen LogP contribution in [-0.2, 0) is 26.2 Å². The number of nitrogens with zero attached hydrogens (tertiary/aromatic N) is 4. The molecule has 1 aromatic carbocycles. The highest BCUT2D eigenvalue weighted by molar-refractivity contribution is 7.89. The predicted molar refractivity (Wildman–Crippen MR) is 103 cm³/mol. The number of hydrogen-bond donors (Lipinski definition) is 1. The Hall–Kier alpha value is -1.33. The number of amides is 1. The fraction of sp³-hybridized carbons (Fsp3) is 0.533. The monoisotopic (exact) mass is 419 g/mol. The largest absolute Gasteiger partial charge is 0.340 e. The average Bonchev–Trinajstić information content (AvgIpc) is 3.08. The third kappa shape index (κ3) is 4.32. The van der Waals surface area contributed by atoms with E-state index in [-0.39, 0.29) is 42.3 Å². The fourth-order valence-corrected chi connectivity index (χ4v) is 4.99. The van der Waals surface area contributed by atoms with Gasteiger partial charge in [-0.15, -0.1) is 12.4 Å². The Balaban J connectivity index is 0.00000243. The molecule has 8 nitrogen and oxygen atoms in total. The Morgan fingerprint density at radius 1 is 1.27 bits per heavy atom. The topological polar surface area (TPSA) is 108 Å². The molecule has 1 fully saturated rings. The summed E-state index contributed by atoms with van der Waals surface area (Å²) in [5, 5.41) is 0. The summed E-state index contributed by atoms with van der Waals surface area (Å²) in [5.74, 6) is 0.0279. The van der Waals surface area contributed by atoms with Crippen molar-refractivity contribution in [2.24, 2.45) is 14.5 Å². The lowest BCUT2D eigenvalue weighted by Gasteiger charge is -2.34. The summed E-state index contributed by atoms with van der Waals surface area (Å²) in [6, 6.07) is 4.95. The zero-order valence-corrected chi connectivity index (χ0v) is 16.8. The van der Waals surface area contributed by atoms with E-state index in [0.717, 1.165) is 11.4 Å². The van der Waals surface area contributed by atoms with Crippen LogP contribution in [-0.4, -0.2) is 55.8 Å². The van der Waals surface area contributed by atoms with Crippen molar-refractivity contribution in [3.63, 3.8) is 0 Å². The Morgan fingerprint density at radius 3 is 2.62 bits per heavy atom. The van der Waals surface area contributed by atoms with E-state index in [1.165, 1.54) is 4.31 Å². The highest BCUT2D eigenvalue weighted by Gasteiger charge is 2.32. The van der Waals surface area contributed by atoms with Gasteiger partial charge >= 0.3 is 0 Å². The first-order valence-corrected chi connectivity index (χ1v) is 10.3. The first-order valence-electron chi connectivity index (χ1n) is 8.14. The maximum absolute atomic E-state index is 12.9. The molecule has 0 aromatic heterocycles. The highest BCUT2D eigenvalue weighted by Crippen LogP contribution is 2.38. The van der Waals surface area contributed by atoms with Gasteiger partial charge in [-0.1, -0.05) is 6.07 Å². The summed E-state index contributed by atoms with van der Waals surface area (Å²) in [6.45, 7) is 3.21. The van der Waals surface area contributed by atoms with Crippen molar-refractivity contribution in [3.05, 3.63) is 18.2 Å². The van der Waals surface area contributed by atoms with Crippen LogP contribution in [0.5, 0.6) is 0 Å². The number of sulfonamides is 1. The van der Waals surface area contributed by atoms with Crippen molar-refractivity contribution in [1.29, 1.82) is 0 Å². The number of carbonyl (C=O) groups is 1. The number of carbonyl (C=O) groups excluding carboxylic acids is 1. The zero-order chi connectivity index (χ0) is 18.0. The van der Waals surface area contributed by atoms with Crippen molar-refractivity contribution in [1.82, 2.24) is 9.21 Å². The van der Waals surface area contributed by atoms with Crippen LogP contribution in [0.3, 0.4) is 0 Å². The summed E-state index contributed by atoms with van der Waals surface area (Å²) in [4.78, 5) is 14.0. The molecule has 0 saturated carbocycles. The van der Waals surface area contributed by atoms with Crippen LogP contribution in [0.25, 0.3) is 0 Å². The average molecular weight is 420 g/mol. The first kappa shape index (κ1) is 21.0. The van der Waals surface area contributed by atoms with Gasteiger partial charge in [-0.05, 0) is 25.5 Å². The second-order valence-corrected chi connectivity index (χ2v) is 8.62. The molecule has 26 heavy (non-hydrogen) atoms. The molecule has 3 rings (SSSR count). The van der Waals surface area contributed by atoms with E-state index < -0.39 is 10.0 Å². The molecule has 2 aliphatic rings. The molecular weight excluding hydrogens is 398 g/mol. The van der Waals surface area contributed by atoms with Gasteiger partial charge in [0.2, 0.25) is 15.9 Å². The van der Waals surface area contributed by atoms with Crippen LogP contribution in [0.15, 0.2) is 31.8 Å². The molecule has 1 aromatic rings. The van der Waals surface area contributed by atoms with Gasteiger partial charge in [-0.25, -0.2) is 8.42 Å². The van der Waals surface area contributed by atoms with Crippen LogP contribution in [0.2, 0.25) is 0 Å². The number of nitrogens with two attached hydrogens (primary N) is 1. The number of benzene rings is 1. The van der Waals surface area contributed by atoms with Gasteiger partial charge < -0.3 is 10.6 Å². The SMILES string of the molecule is CC(N)CCC(=O)N1CCN(S(=O)(=O)c2cccc3c2N=S=N3)CC1.Cl. The van der Waals surface area contributed by atoms with Crippen molar-refractivity contribution < 1.29 is 13.2 Å². The number of hydrogen-bond acceptors (Lipinski definition) is 6. The third-order valence-electron chi connectivity index (χ3n) is 4.27. The highest BCUT2D eigenvalue weighted by atomic mass is 35.5. The van der Waals surface area contributed by atoms with E-state index in [1.807, 2.05) is 6.92 Å². The Morgan fingerprint density at radius 2 is 1.96 bits per heavy atom. The van der Waals surface area contributed by atoms with Gasteiger partial charge in [0, 0.05) is 38.6 Å². The molecule has 0 aliphatic carbocycles. The standard InChI is InChI=1S/C15H21N5O3S2.ClH/c1-11(16)5-6-14(21)19-7-9-20(10-8-19)25(22,23)13-4-2-3-12-15(13)18-24-17-12;/h2-4,11H,5-10,16H2,1H3;1H. The molecule has 2 N–H and O–H groups in total. The molecule has 1 atom stereocenters. The molecule has 0 radical (unpaired) electrons. The van der Waals surface area contributed by atoms with Crippen LogP contribution in [0.1, 0.15) is 19.8 Å². The van der Waals surface area contributed by atoms with Crippen molar-refractivity contribution >= 4 is 51.1 Å². The van der Waals surface area contributed by atoms with Crippen LogP contribution < -0.4 is 5.73 Å². The minimum absolute atomic E-state index is 0. The summed E-state index contributed by atoms with van der Waals surface area (Å²) >= 11 is 0.996. The summed E-state index contributed by atoms with van der Waals surface area (Å²) in [7, 11) is -3.65. The van der Waals surface area contributed by atoms with E-state index in [4.69, 9.17) is 5.73 Å². The van der Waals surface area contributed by atoms with Gasteiger partial charge in [-0.3, -0.25) is 4.79 Å². The number of piperazine rings is 1. The molecule has 0 spiro atoms. The predicted octanol–water partition coefficient (Wildman–Crippen LogP) is 1.80. The maximum atomic E-state index is 12.9. The van der Waals surface area contributed by atoms with E-state index in [0.29, 0.717) is 37.3 Å². The summed E-state index contributed by atoms with van der Waals surface area (Å²) in [6.07, 6.45) is 1.03. The van der Waals surface area contributed by atoms with Crippen molar-refractivity contribution in [2.75, 3.05) is 26.2 Å². The molecule has 144 valence electrons. The third-order valence-corrected chi connectivity index (χ3v) is 6.74. The molecule has 11 heteroatoms. The van der Waals surface area contributed by atoms with E-state index in [2.05, 4.69) is 8.73 Å². The number of rotatable bonds is 5. The lowest BCUT2D eigenvalue weighted by atomic mass is 10.2. The van der Waals surface area contributed by atoms with Gasteiger partial charge in [-0.2, -0.15) is 13.0 Å². The quantitative estimate of drug-likeness (QED) is 0.796. The van der Waals surface area contributed by atoms with Crippen LogP contribution in [0, 0.1) is 0 Å². The Bertz CT molecular complexity index is 845. The van der Waals surface area contributed by atoms with Crippen LogP contribution >= 0.6 is 12.4 Å². The molecule has 1 amide bonds. The minimum atomic E-state index is -3.65. The molecule has 2 heterocycles. The lowest BCUT2D eigenvalue weighted by Crippen LogP contribution is -2.50. The molecule has 1 saturated heterocycles. The van der Waals surface area contributed by atoms with Gasteiger partial charge in [0.1, 0.15) is 16.3 Å². The number of halogens is 1. The number of fused-ring (bicyclic) bond motifs is 1. The summed E-state index contributed by atoms with van der Waals surface area (Å²) < 4.78 is 35.5. The Kier molecular flexibility index (Phi) is 6.92. The van der Waals surface area contributed by atoms with E-state index in [9.17, 15) is 13.2 Å². The molecule has 0 bridgehead atoms. The molecular formula is C15H22ClN5O3S2. The minimum Gasteiger partial charge on any atom is -0.340 e. The fourth-order valence-electron chi connectivity index (χ4n) is 2.82.